The van der Waals surface area contributed by atoms with Crippen LogP contribution in [0.5, 0.6) is 0 Å². The highest BCUT2D eigenvalue weighted by Crippen LogP contribution is 2.27. The number of hydrogen-bond acceptors (Lipinski definition) is 1. The second-order valence-corrected chi connectivity index (χ2v) is 7.35. The Labute approximate surface area is 159 Å². The topological polar surface area (TPSA) is 22.0 Å². The largest absolute Gasteiger partial charge is 0.324 e. The highest BCUT2D eigenvalue weighted by Gasteiger charge is 2.15. The van der Waals surface area contributed by atoms with Gasteiger partial charge in [-0.3, -0.25) is 4.79 Å². The average molecular weight is 364 g/mol. The number of carbonyl (C=O) groups excluding carboxylic acids is 1. The third kappa shape index (κ3) is 3.47. The zero-order valence-electron chi connectivity index (χ0n) is 14.7. The molecule has 0 aliphatic heterocycles. The van der Waals surface area contributed by atoms with Gasteiger partial charge in [0.1, 0.15) is 0 Å². The minimum Gasteiger partial charge on any atom is -0.324 e. The van der Waals surface area contributed by atoms with Crippen LogP contribution in [0.3, 0.4) is 0 Å². The zero-order valence-corrected chi connectivity index (χ0v) is 15.5. The maximum Gasteiger partial charge on any atom is 0.163 e. The van der Waals surface area contributed by atoms with Crippen molar-refractivity contribution in [3.05, 3.63) is 88.2 Å². The summed E-state index contributed by atoms with van der Waals surface area (Å²) in [4.78, 5) is 12.8. The standard InChI is InChI=1S/C23H22ClNO/c24-21-8-5-9-22(25-14-3-4-15-25)20(21)12-13-23(26)19-11-10-17-6-1-2-7-18(17)16-19/h3-5,8-11,14-16H,1-2,6-7,12-13H2. The molecular formula is C23H22ClNO. The van der Waals surface area contributed by atoms with Gasteiger partial charge in [-0.25, -0.2) is 0 Å². The SMILES string of the molecule is O=C(CCc1c(Cl)cccc1-n1cccc1)c1ccc2c(c1)CCCC2. The number of ketones is 1. The van der Waals surface area contributed by atoms with Gasteiger partial charge in [0.25, 0.3) is 0 Å². The Hall–Kier alpha value is -2.32. The van der Waals surface area contributed by atoms with Gasteiger partial charge in [0.05, 0.1) is 0 Å². The van der Waals surface area contributed by atoms with Gasteiger partial charge in [0.2, 0.25) is 0 Å². The summed E-state index contributed by atoms with van der Waals surface area (Å²) < 4.78 is 2.05. The lowest BCUT2D eigenvalue weighted by atomic mass is 9.89. The number of Topliss-reactive ketones (excluding diaryl/α,β-unsaturated/α-hetero) is 1. The summed E-state index contributed by atoms with van der Waals surface area (Å²) in [6.45, 7) is 0. The van der Waals surface area contributed by atoms with Crippen molar-refractivity contribution in [2.24, 2.45) is 0 Å². The molecule has 4 rings (SSSR count). The van der Waals surface area contributed by atoms with Crippen molar-refractivity contribution in [3.63, 3.8) is 0 Å². The van der Waals surface area contributed by atoms with Gasteiger partial charge >= 0.3 is 0 Å². The Bertz CT molecular complexity index is 927. The summed E-state index contributed by atoms with van der Waals surface area (Å²) in [5.41, 5.74) is 5.67. The summed E-state index contributed by atoms with van der Waals surface area (Å²) in [5, 5.41) is 0.717. The third-order valence-electron chi connectivity index (χ3n) is 5.25. The Morgan fingerprint density at radius 1 is 0.962 bits per heavy atom. The molecule has 0 fully saturated rings. The number of benzene rings is 2. The maximum atomic E-state index is 12.8. The number of aromatic nitrogens is 1. The van der Waals surface area contributed by atoms with Crippen molar-refractivity contribution in [1.29, 1.82) is 0 Å². The van der Waals surface area contributed by atoms with Crippen molar-refractivity contribution in [2.45, 2.75) is 38.5 Å². The number of rotatable bonds is 5. The minimum atomic E-state index is 0.191. The van der Waals surface area contributed by atoms with Crippen molar-refractivity contribution >= 4 is 17.4 Å². The van der Waals surface area contributed by atoms with Crippen LogP contribution in [0.4, 0.5) is 0 Å². The van der Waals surface area contributed by atoms with Crippen molar-refractivity contribution in [2.75, 3.05) is 0 Å². The van der Waals surface area contributed by atoms with E-state index in [1.807, 2.05) is 53.4 Å². The monoisotopic (exact) mass is 363 g/mol. The molecule has 0 saturated heterocycles. The molecule has 0 N–H and O–H groups in total. The molecule has 0 radical (unpaired) electrons. The van der Waals surface area contributed by atoms with E-state index in [4.69, 9.17) is 11.6 Å². The quantitative estimate of drug-likeness (QED) is 0.523. The highest BCUT2D eigenvalue weighted by atomic mass is 35.5. The van der Waals surface area contributed by atoms with Gasteiger partial charge in [-0.2, -0.15) is 0 Å². The third-order valence-corrected chi connectivity index (χ3v) is 5.60. The first kappa shape index (κ1) is 17.1. The lowest BCUT2D eigenvalue weighted by molar-refractivity contribution is 0.0982. The van der Waals surface area contributed by atoms with E-state index in [-0.39, 0.29) is 5.78 Å². The normalized spacial score (nSPS) is 13.4. The first-order chi connectivity index (χ1) is 12.7. The predicted molar refractivity (Wildman–Crippen MR) is 107 cm³/mol. The van der Waals surface area contributed by atoms with Crippen LogP contribution >= 0.6 is 11.6 Å². The van der Waals surface area contributed by atoms with E-state index in [1.54, 1.807) is 0 Å². The molecule has 1 heterocycles. The number of aryl methyl sites for hydroxylation is 2. The lowest BCUT2D eigenvalue weighted by Crippen LogP contribution is -2.08. The Morgan fingerprint density at radius 3 is 2.54 bits per heavy atom. The van der Waals surface area contributed by atoms with Gasteiger partial charge in [0, 0.05) is 35.1 Å². The molecular weight excluding hydrogens is 342 g/mol. The van der Waals surface area contributed by atoms with E-state index in [2.05, 4.69) is 12.1 Å². The molecule has 0 spiro atoms. The van der Waals surface area contributed by atoms with Gasteiger partial charge in [-0.1, -0.05) is 29.8 Å². The van der Waals surface area contributed by atoms with Crippen LogP contribution in [0, 0.1) is 0 Å². The first-order valence-electron chi connectivity index (χ1n) is 9.28. The van der Waals surface area contributed by atoms with Crippen molar-refractivity contribution in [1.82, 2.24) is 4.57 Å². The Kier molecular flexibility index (Phi) is 4.94. The van der Waals surface area contributed by atoms with E-state index in [1.165, 1.54) is 24.0 Å². The Balaban J connectivity index is 1.54. The van der Waals surface area contributed by atoms with E-state index in [9.17, 15) is 4.79 Å². The molecule has 3 aromatic rings. The molecule has 0 atom stereocenters. The molecule has 2 aromatic carbocycles. The lowest BCUT2D eigenvalue weighted by Gasteiger charge is -2.16. The Morgan fingerprint density at radius 2 is 1.73 bits per heavy atom. The van der Waals surface area contributed by atoms with Crippen molar-refractivity contribution in [3.8, 4) is 5.69 Å². The molecule has 0 unspecified atom stereocenters. The van der Waals surface area contributed by atoms with Crippen LogP contribution in [0.25, 0.3) is 5.69 Å². The molecule has 2 nitrogen and oxygen atoms in total. The van der Waals surface area contributed by atoms with Gasteiger partial charge in [0.15, 0.2) is 5.78 Å². The van der Waals surface area contributed by atoms with E-state index >= 15 is 0 Å². The van der Waals surface area contributed by atoms with Gasteiger partial charge in [-0.15, -0.1) is 0 Å². The fraction of sp³-hybridized carbons (Fsp3) is 0.261. The summed E-state index contributed by atoms with van der Waals surface area (Å²) in [6, 6.07) is 16.1. The number of carbonyl (C=O) groups is 1. The van der Waals surface area contributed by atoms with Gasteiger partial charge < -0.3 is 4.57 Å². The number of fused-ring (bicyclic) bond motifs is 1. The molecule has 0 bridgehead atoms. The fourth-order valence-electron chi connectivity index (χ4n) is 3.82. The first-order valence-corrected chi connectivity index (χ1v) is 9.66. The van der Waals surface area contributed by atoms with E-state index < -0.39 is 0 Å². The average Bonchev–Trinajstić information content (AvgIpc) is 3.21. The maximum absolute atomic E-state index is 12.8. The minimum absolute atomic E-state index is 0.191. The predicted octanol–water partition coefficient (Wildman–Crippen LogP) is 5.83. The molecule has 0 saturated carbocycles. The number of halogens is 1. The van der Waals surface area contributed by atoms with E-state index in [0.717, 1.165) is 34.7 Å². The highest BCUT2D eigenvalue weighted by molar-refractivity contribution is 6.31. The van der Waals surface area contributed by atoms with Crippen molar-refractivity contribution < 1.29 is 4.79 Å². The molecule has 132 valence electrons. The van der Waals surface area contributed by atoms with Crippen LogP contribution < -0.4 is 0 Å². The van der Waals surface area contributed by atoms with Crippen LogP contribution in [0.2, 0.25) is 5.02 Å². The summed E-state index contributed by atoms with van der Waals surface area (Å²) in [5.74, 6) is 0.191. The second-order valence-electron chi connectivity index (χ2n) is 6.94. The zero-order chi connectivity index (χ0) is 17.9. The van der Waals surface area contributed by atoms with Crippen LogP contribution in [0.15, 0.2) is 60.9 Å². The smallest absolute Gasteiger partial charge is 0.163 e. The molecule has 0 amide bonds. The summed E-state index contributed by atoms with van der Waals surface area (Å²) in [7, 11) is 0. The summed E-state index contributed by atoms with van der Waals surface area (Å²) in [6.07, 6.45) is 9.84. The molecule has 1 aliphatic rings. The van der Waals surface area contributed by atoms with Crippen LogP contribution in [-0.2, 0) is 19.3 Å². The molecule has 26 heavy (non-hydrogen) atoms. The molecule has 1 aromatic heterocycles. The molecule has 3 heteroatoms. The summed E-state index contributed by atoms with van der Waals surface area (Å²) >= 11 is 6.45. The van der Waals surface area contributed by atoms with Gasteiger partial charge in [-0.05, 0) is 79.1 Å². The van der Waals surface area contributed by atoms with E-state index in [0.29, 0.717) is 12.8 Å². The molecule has 1 aliphatic carbocycles. The van der Waals surface area contributed by atoms with Crippen LogP contribution in [-0.4, -0.2) is 10.4 Å². The fourth-order valence-corrected chi connectivity index (χ4v) is 4.09. The number of hydrogen-bond donors (Lipinski definition) is 0. The van der Waals surface area contributed by atoms with Crippen LogP contribution in [0.1, 0.15) is 46.3 Å². The number of nitrogens with zero attached hydrogens (tertiary/aromatic N) is 1. The second kappa shape index (κ2) is 7.51.